The van der Waals surface area contributed by atoms with Gasteiger partial charge in [0.2, 0.25) is 5.91 Å². The van der Waals surface area contributed by atoms with E-state index >= 15 is 0 Å². The molecule has 27 heavy (non-hydrogen) atoms. The van der Waals surface area contributed by atoms with Gasteiger partial charge >= 0.3 is 0 Å². The topological polar surface area (TPSA) is 62.3 Å². The highest BCUT2D eigenvalue weighted by atomic mass is 16.2. The summed E-state index contributed by atoms with van der Waals surface area (Å²) in [5.74, 6) is 0.164. The minimum Gasteiger partial charge on any atom is -0.349 e. The van der Waals surface area contributed by atoms with Crippen molar-refractivity contribution in [3.05, 3.63) is 65.5 Å². The third-order valence-electron chi connectivity index (χ3n) is 5.90. The molecule has 2 saturated heterocycles. The van der Waals surface area contributed by atoms with E-state index in [1.165, 1.54) is 0 Å². The second-order valence-electron chi connectivity index (χ2n) is 7.67. The van der Waals surface area contributed by atoms with Gasteiger partial charge in [0.05, 0.1) is 6.42 Å². The summed E-state index contributed by atoms with van der Waals surface area (Å²) in [7, 11) is 0. The number of pyridine rings is 1. The number of carbonyl (C=O) groups is 2. The number of benzene rings is 1. The number of nitrogens with one attached hydrogen (secondary N) is 1. The molecule has 1 aromatic carbocycles. The van der Waals surface area contributed by atoms with Gasteiger partial charge in [-0.3, -0.25) is 14.6 Å². The SMILES string of the molecule is Cc1ccccc1CC(=O)N1C2CCC1CC(NC(=O)c1ccncc1)C2. The normalized spacial score (nSPS) is 23.9. The fourth-order valence-electron chi connectivity index (χ4n) is 4.54. The van der Waals surface area contributed by atoms with Gasteiger partial charge in [0.25, 0.3) is 5.91 Å². The van der Waals surface area contributed by atoms with Crippen LogP contribution in [0, 0.1) is 6.92 Å². The molecule has 5 heteroatoms. The molecular weight excluding hydrogens is 338 g/mol. The number of amides is 2. The number of piperidine rings is 1. The molecule has 2 atom stereocenters. The van der Waals surface area contributed by atoms with Crippen molar-refractivity contribution in [1.29, 1.82) is 0 Å². The van der Waals surface area contributed by atoms with Crippen LogP contribution in [0.2, 0.25) is 0 Å². The minimum absolute atomic E-state index is 0.0542. The Morgan fingerprint density at radius 1 is 1.07 bits per heavy atom. The molecular formula is C22H25N3O2. The number of rotatable bonds is 4. The lowest BCUT2D eigenvalue weighted by Crippen LogP contribution is -2.52. The van der Waals surface area contributed by atoms with Gasteiger partial charge < -0.3 is 10.2 Å². The van der Waals surface area contributed by atoms with E-state index in [2.05, 4.69) is 28.2 Å². The summed E-state index contributed by atoms with van der Waals surface area (Å²) in [4.78, 5) is 31.4. The third-order valence-corrected chi connectivity index (χ3v) is 5.90. The summed E-state index contributed by atoms with van der Waals surface area (Å²) < 4.78 is 0. The first-order chi connectivity index (χ1) is 13.1. The van der Waals surface area contributed by atoms with Crippen molar-refractivity contribution in [2.45, 2.75) is 57.2 Å². The van der Waals surface area contributed by atoms with Crippen LogP contribution < -0.4 is 5.32 Å². The van der Waals surface area contributed by atoms with E-state index in [-0.39, 0.29) is 29.9 Å². The van der Waals surface area contributed by atoms with Gasteiger partial charge in [-0.25, -0.2) is 0 Å². The first-order valence-corrected chi connectivity index (χ1v) is 9.68. The van der Waals surface area contributed by atoms with Crippen LogP contribution in [0.3, 0.4) is 0 Å². The van der Waals surface area contributed by atoms with E-state index in [1.807, 2.05) is 18.2 Å². The molecule has 0 spiro atoms. The van der Waals surface area contributed by atoms with Crippen molar-refractivity contribution >= 4 is 11.8 Å². The van der Waals surface area contributed by atoms with Crippen LogP contribution in [-0.4, -0.2) is 39.8 Å². The summed E-state index contributed by atoms with van der Waals surface area (Å²) in [5, 5.41) is 3.15. The van der Waals surface area contributed by atoms with Gasteiger partial charge in [-0.1, -0.05) is 24.3 Å². The minimum atomic E-state index is -0.0542. The Labute approximate surface area is 159 Å². The molecule has 1 aromatic heterocycles. The third kappa shape index (κ3) is 3.72. The van der Waals surface area contributed by atoms with E-state index < -0.39 is 0 Å². The highest BCUT2D eigenvalue weighted by molar-refractivity contribution is 5.94. The highest BCUT2D eigenvalue weighted by Gasteiger charge is 2.43. The van der Waals surface area contributed by atoms with E-state index in [0.29, 0.717) is 12.0 Å². The molecule has 140 valence electrons. The standard InChI is InChI=1S/C22H25N3O2/c1-15-4-2-3-5-17(15)12-21(26)25-19-6-7-20(25)14-18(13-19)24-22(27)16-8-10-23-11-9-16/h2-5,8-11,18-20H,6-7,12-14H2,1H3,(H,24,27). The number of hydrogen-bond acceptors (Lipinski definition) is 3. The molecule has 0 radical (unpaired) electrons. The Morgan fingerprint density at radius 3 is 2.41 bits per heavy atom. The summed E-state index contributed by atoms with van der Waals surface area (Å²) in [6.45, 7) is 2.05. The van der Waals surface area contributed by atoms with Crippen molar-refractivity contribution < 1.29 is 9.59 Å². The quantitative estimate of drug-likeness (QED) is 0.909. The maximum atomic E-state index is 13.0. The van der Waals surface area contributed by atoms with Crippen LogP contribution in [0.15, 0.2) is 48.8 Å². The molecule has 0 saturated carbocycles. The van der Waals surface area contributed by atoms with Crippen LogP contribution in [-0.2, 0) is 11.2 Å². The number of aryl methyl sites for hydroxylation is 1. The monoisotopic (exact) mass is 363 g/mol. The molecule has 4 rings (SSSR count). The summed E-state index contributed by atoms with van der Waals surface area (Å²) in [5.41, 5.74) is 2.91. The van der Waals surface area contributed by atoms with Crippen molar-refractivity contribution in [3.8, 4) is 0 Å². The Balaban J connectivity index is 1.39. The largest absolute Gasteiger partial charge is 0.349 e. The number of nitrogens with zero attached hydrogens (tertiary/aromatic N) is 2. The predicted octanol–water partition coefficient (Wildman–Crippen LogP) is 2.88. The van der Waals surface area contributed by atoms with E-state index in [4.69, 9.17) is 0 Å². The van der Waals surface area contributed by atoms with Crippen LogP contribution in [0.5, 0.6) is 0 Å². The van der Waals surface area contributed by atoms with Crippen molar-refractivity contribution in [3.63, 3.8) is 0 Å². The Bertz CT molecular complexity index is 822. The average Bonchev–Trinajstić information content (AvgIpc) is 2.95. The smallest absolute Gasteiger partial charge is 0.251 e. The molecule has 5 nitrogen and oxygen atoms in total. The van der Waals surface area contributed by atoms with Gasteiger partial charge in [0.1, 0.15) is 0 Å². The Hall–Kier alpha value is -2.69. The molecule has 2 fully saturated rings. The van der Waals surface area contributed by atoms with Crippen molar-refractivity contribution in [2.24, 2.45) is 0 Å². The molecule has 2 aliphatic heterocycles. The second-order valence-corrected chi connectivity index (χ2v) is 7.67. The first-order valence-electron chi connectivity index (χ1n) is 9.68. The maximum Gasteiger partial charge on any atom is 0.251 e. The second kappa shape index (κ2) is 7.51. The molecule has 3 heterocycles. The van der Waals surface area contributed by atoms with Crippen LogP contribution >= 0.6 is 0 Å². The van der Waals surface area contributed by atoms with Gasteiger partial charge in [0.15, 0.2) is 0 Å². The lowest BCUT2D eigenvalue weighted by Gasteiger charge is -2.39. The van der Waals surface area contributed by atoms with Crippen molar-refractivity contribution in [1.82, 2.24) is 15.2 Å². The fraction of sp³-hybridized carbons (Fsp3) is 0.409. The van der Waals surface area contributed by atoms with Gasteiger partial charge in [0, 0.05) is 36.1 Å². The molecule has 2 unspecified atom stereocenters. The lowest BCUT2D eigenvalue weighted by molar-refractivity contribution is -0.135. The van der Waals surface area contributed by atoms with E-state index in [9.17, 15) is 9.59 Å². The highest BCUT2D eigenvalue weighted by Crippen LogP contribution is 2.36. The van der Waals surface area contributed by atoms with Crippen LogP contribution in [0.1, 0.15) is 47.2 Å². The molecule has 2 amide bonds. The number of carbonyl (C=O) groups excluding carboxylic acids is 2. The van der Waals surface area contributed by atoms with Gasteiger partial charge in [-0.15, -0.1) is 0 Å². The zero-order valence-corrected chi connectivity index (χ0v) is 15.6. The fourth-order valence-corrected chi connectivity index (χ4v) is 4.54. The van der Waals surface area contributed by atoms with E-state index in [0.717, 1.165) is 36.8 Å². The zero-order valence-electron chi connectivity index (χ0n) is 15.6. The number of fused-ring (bicyclic) bond motifs is 2. The molecule has 2 aromatic rings. The zero-order chi connectivity index (χ0) is 18.8. The van der Waals surface area contributed by atoms with E-state index in [1.54, 1.807) is 24.5 Å². The van der Waals surface area contributed by atoms with Gasteiger partial charge in [-0.2, -0.15) is 0 Å². The Kier molecular flexibility index (Phi) is 4.92. The number of hydrogen-bond donors (Lipinski definition) is 1. The van der Waals surface area contributed by atoms with Gasteiger partial charge in [-0.05, 0) is 55.9 Å². The Morgan fingerprint density at radius 2 is 1.74 bits per heavy atom. The molecule has 2 bridgehead atoms. The first kappa shape index (κ1) is 17.7. The summed E-state index contributed by atoms with van der Waals surface area (Å²) >= 11 is 0. The molecule has 2 aliphatic rings. The maximum absolute atomic E-state index is 13.0. The number of aromatic nitrogens is 1. The average molecular weight is 363 g/mol. The summed E-state index contributed by atoms with van der Waals surface area (Å²) in [6.07, 6.45) is 7.47. The lowest BCUT2D eigenvalue weighted by atomic mass is 9.95. The van der Waals surface area contributed by atoms with Crippen LogP contribution in [0.4, 0.5) is 0 Å². The molecule has 1 N–H and O–H groups in total. The summed E-state index contributed by atoms with van der Waals surface area (Å²) in [6, 6.07) is 12.1. The van der Waals surface area contributed by atoms with Crippen LogP contribution in [0.25, 0.3) is 0 Å². The van der Waals surface area contributed by atoms with Crippen molar-refractivity contribution in [2.75, 3.05) is 0 Å². The molecule has 0 aliphatic carbocycles. The predicted molar refractivity (Wildman–Crippen MR) is 103 cm³/mol.